The highest BCUT2D eigenvalue weighted by molar-refractivity contribution is 5.93. The van der Waals surface area contributed by atoms with Crippen molar-refractivity contribution >= 4 is 17.8 Å². The summed E-state index contributed by atoms with van der Waals surface area (Å²) in [6.07, 6.45) is 14.0. The predicted octanol–water partition coefficient (Wildman–Crippen LogP) is 6.82. The fraction of sp³-hybridized carbons (Fsp3) is 0.579. The zero-order chi connectivity index (χ0) is 34.3. The van der Waals surface area contributed by atoms with Crippen molar-refractivity contribution in [3.05, 3.63) is 59.8 Å². The van der Waals surface area contributed by atoms with Gasteiger partial charge in [-0.15, -0.1) is 0 Å². The van der Waals surface area contributed by atoms with Gasteiger partial charge in [0.25, 0.3) is 0 Å². The summed E-state index contributed by atoms with van der Waals surface area (Å²) in [6, 6.07) is 7.72. The number of anilines is 1. The van der Waals surface area contributed by atoms with Crippen LogP contribution in [0.15, 0.2) is 42.9 Å². The van der Waals surface area contributed by atoms with Crippen LogP contribution in [-0.2, 0) is 21.4 Å². The molecule has 8 rings (SSSR count). The largest absolute Gasteiger partial charge is 0.494 e. The van der Waals surface area contributed by atoms with Crippen molar-refractivity contribution in [1.82, 2.24) is 19.7 Å². The average Bonchev–Trinajstić information content (AvgIpc) is 3.59. The van der Waals surface area contributed by atoms with Gasteiger partial charge in [0.2, 0.25) is 5.91 Å². The summed E-state index contributed by atoms with van der Waals surface area (Å²) in [7, 11) is 1.50. The van der Waals surface area contributed by atoms with E-state index in [1.165, 1.54) is 12.0 Å². The standard InChI is InChI=1S/C38H48FN5O5/c1-24(2)44-21-26(20-41-44)30-10-17-40-34(42-35(46)25-4-7-29(8-5-25)49-36(47)43-22-28(45)23-43)31(30)19-37-11-14-38(15-12-37,16-13-37)27-6-9-33(48-3)32(39)18-27/h6,9-10,17-18,20-21,24-25,28-29,45H,4-5,7-8,11-16,19,22-23H2,1-3H3,(H,40,42,46). The third-order valence-electron chi connectivity index (χ3n) is 11.9. The number of carbonyl (C=O) groups excluding carboxylic acids is 2. The van der Waals surface area contributed by atoms with Gasteiger partial charge >= 0.3 is 6.09 Å². The molecule has 0 radical (unpaired) electrons. The van der Waals surface area contributed by atoms with Crippen molar-refractivity contribution in [2.75, 3.05) is 25.5 Å². The van der Waals surface area contributed by atoms with Crippen LogP contribution in [0.2, 0.25) is 0 Å². The van der Waals surface area contributed by atoms with E-state index < -0.39 is 6.10 Å². The number of aromatic nitrogens is 3. The number of amides is 2. The number of benzene rings is 1. The van der Waals surface area contributed by atoms with Crippen molar-refractivity contribution in [3.8, 4) is 16.9 Å². The molecule has 49 heavy (non-hydrogen) atoms. The first-order chi connectivity index (χ1) is 23.6. The Kier molecular flexibility index (Phi) is 9.15. The molecule has 0 spiro atoms. The summed E-state index contributed by atoms with van der Waals surface area (Å²) < 4.78 is 27.5. The molecule has 11 heteroatoms. The molecule has 10 nitrogen and oxygen atoms in total. The zero-order valence-corrected chi connectivity index (χ0v) is 28.8. The number of carbonyl (C=O) groups is 2. The maximum Gasteiger partial charge on any atom is 0.410 e. The van der Waals surface area contributed by atoms with Gasteiger partial charge in [-0.3, -0.25) is 9.48 Å². The number of aliphatic hydroxyl groups excluding tert-OH is 1. The van der Waals surface area contributed by atoms with E-state index >= 15 is 0 Å². The number of hydrogen-bond donors (Lipinski definition) is 2. The number of methoxy groups -OCH3 is 1. The van der Waals surface area contributed by atoms with E-state index in [2.05, 4.69) is 30.5 Å². The number of nitrogens with one attached hydrogen (secondary N) is 1. The van der Waals surface area contributed by atoms with Crippen LogP contribution in [0.25, 0.3) is 11.1 Å². The van der Waals surface area contributed by atoms with Gasteiger partial charge in [-0.1, -0.05) is 6.07 Å². The van der Waals surface area contributed by atoms with E-state index in [9.17, 15) is 19.1 Å². The van der Waals surface area contributed by atoms with Crippen LogP contribution in [-0.4, -0.2) is 69.2 Å². The topological polar surface area (TPSA) is 119 Å². The SMILES string of the molecule is COc1ccc(C23CCC(Cc4c(-c5cnn(C(C)C)c5)ccnc4NC(=O)C4CCC(OC(=O)N5CC(O)C5)CC4)(CC2)CC3)cc1F. The number of nitrogens with zero attached hydrogens (tertiary/aromatic N) is 4. The minimum absolute atomic E-state index is 0.0221. The molecule has 262 valence electrons. The van der Waals surface area contributed by atoms with Crippen LogP contribution in [0.1, 0.15) is 95.2 Å². The summed E-state index contributed by atoms with van der Waals surface area (Å²) in [4.78, 5) is 32.4. The van der Waals surface area contributed by atoms with E-state index in [0.29, 0.717) is 44.6 Å². The number of rotatable bonds is 9. The Morgan fingerprint density at radius 2 is 1.78 bits per heavy atom. The molecule has 3 heterocycles. The Hall–Kier alpha value is -3.99. The number of fused-ring (bicyclic) bond motifs is 3. The Labute approximate surface area is 287 Å². The Bertz CT molecular complexity index is 1670. The highest BCUT2D eigenvalue weighted by Gasteiger charge is 2.50. The molecule has 5 fully saturated rings. The zero-order valence-electron chi connectivity index (χ0n) is 28.8. The first-order valence-electron chi connectivity index (χ1n) is 17.9. The summed E-state index contributed by atoms with van der Waals surface area (Å²) in [5.74, 6) is 0.334. The Morgan fingerprint density at radius 3 is 2.39 bits per heavy atom. The first kappa shape index (κ1) is 33.5. The quantitative estimate of drug-likeness (QED) is 0.256. The number of aliphatic hydroxyl groups is 1. The molecule has 2 amide bonds. The van der Waals surface area contributed by atoms with Crippen LogP contribution in [0.3, 0.4) is 0 Å². The summed E-state index contributed by atoms with van der Waals surface area (Å²) >= 11 is 0. The molecule has 3 aromatic rings. The number of hydrogen-bond acceptors (Lipinski definition) is 7. The van der Waals surface area contributed by atoms with Crippen molar-refractivity contribution in [3.63, 3.8) is 0 Å². The summed E-state index contributed by atoms with van der Waals surface area (Å²) in [5.41, 5.74) is 4.20. The van der Waals surface area contributed by atoms with Crippen LogP contribution in [0.4, 0.5) is 15.0 Å². The van der Waals surface area contributed by atoms with E-state index in [1.807, 2.05) is 23.0 Å². The van der Waals surface area contributed by atoms with Crippen LogP contribution in [0.5, 0.6) is 5.75 Å². The maximum atomic E-state index is 14.8. The number of β-amino-alcohol motifs (C(OH)–C–C–N with tert-alkyl or cyclic N) is 1. The van der Waals surface area contributed by atoms with E-state index in [4.69, 9.17) is 14.5 Å². The maximum absolute atomic E-state index is 14.8. The van der Waals surface area contributed by atoms with Gasteiger partial charge in [0.1, 0.15) is 11.9 Å². The number of pyridine rings is 1. The van der Waals surface area contributed by atoms with Crippen LogP contribution in [0, 0.1) is 17.2 Å². The van der Waals surface area contributed by atoms with Gasteiger partial charge in [-0.05, 0) is 125 Å². The molecule has 1 saturated heterocycles. The normalized spacial score (nSPS) is 26.8. The highest BCUT2D eigenvalue weighted by atomic mass is 19.1. The van der Waals surface area contributed by atoms with Gasteiger partial charge in [-0.25, -0.2) is 14.2 Å². The Morgan fingerprint density at radius 1 is 1.06 bits per heavy atom. The van der Waals surface area contributed by atoms with Crippen molar-refractivity contribution in [2.24, 2.45) is 11.3 Å². The number of likely N-dealkylation sites (tertiary alicyclic amines) is 1. The predicted molar refractivity (Wildman–Crippen MR) is 183 cm³/mol. The lowest BCUT2D eigenvalue weighted by Gasteiger charge is -2.54. The lowest BCUT2D eigenvalue weighted by atomic mass is 9.50. The third kappa shape index (κ3) is 6.66. The highest BCUT2D eigenvalue weighted by Crippen LogP contribution is 2.59. The van der Waals surface area contributed by atoms with Crippen LogP contribution < -0.4 is 10.1 Å². The van der Waals surface area contributed by atoms with E-state index in [1.54, 1.807) is 18.3 Å². The molecule has 2 aromatic heterocycles. The average molecular weight is 674 g/mol. The molecule has 5 aliphatic rings. The lowest BCUT2D eigenvalue weighted by Crippen LogP contribution is -2.54. The van der Waals surface area contributed by atoms with E-state index in [-0.39, 0.29) is 52.5 Å². The van der Waals surface area contributed by atoms with Gasteiger partial charge < -0.3 is 24.8 Å². The first-order valence-corrected chi connectivity index (χ1v) is 17.9. The van der Waals surface area contributed by atoms with Gasteiger partial charge in [0.05, 0.1) is 32.5 Å². The second-order valence-corrected chi connectivity index (χ2v) is 15.2. The minimum atomic E-state index is -0.468. The van der Waals surface area contributed by atoms with Gasteiger partial charge in [-0.2, -0.15) is 5.10 Å². The smallest absolute Gasteiger partial charge is 0.410 e. The molecule has 2 N–H and O–H groups in total. The third-order valence-corrected chi connectivity index (χ3v) is 11.9. The molecule has 0 atom stereocenters. The van der Waals surface area contributed by atoms with Crippen molar-refractivity contribution < 1.29 is 28.6 Å². The number of ether oxygens (including phenoxy) is 2. The monoisotopic (exact) mass is 673 g/mol. The van der Waals surface area contributed by atoms with Crippen LogP contribution >= 0.6 is 0 Å². The molecule has 1 aromatic carbocycles. The number of halogens is 1. The van der Waals surface area contributed by atoms with Crippen molar-refractivity contribution in [2.45, 2.75) is 108 Å². The molecule has 1 aliphatic heterocycles. The lowest BCUT2D eigenvalue weighted by molar-refractivity contribution is -0.121. The second kappa shape index (κ2) is 13.4. The Balaban J connectivity index is 1.08. The van der Waals surface area contributed by atoms with Gasteiger partial charge in [0, 0.05) is 35.5 Å². The minimum Gasteiger partial charge on any atom is -0.494 e. The molecular weight excluding hydrogens is 625 g/mol. The van der Waals surface area contributed by atoms with Crippen molar-refractivity contribution in [1.29, 1.82) is 0 Å². The molecule has 4 saturated carbocycles. The molecule has 2 bridgehead atoms. The molecule has 4 aliphatic carbocycles. The summed E-state index contributed by atoms with van der Waals surface area (Å²) in [5, 5.41) is 17.4. The second-order valence-electron chi connectivity index (χ2n) is 15.2. The summed E-state index contributed by atoms with van der Waals surface area (Å²) in [6.45, 7) is 4.83. The molecular formula is C38H48FN5O5. The van der Waals surface area contributed by atoms with E-state index in [0.717, 1.165) is 67.2 Å². The molecule has 0 unspecified atom stereocenters. The fourth-order valence-electron chi connectivity index (χ4n) is 8.62. The fourth-order valence-corrected chi connectivity index (χ4v) is 8.62. The van der Waals surface area contributed by atoms with Gasteiger partial charge in [0.15, 0.2) is 11.6 Å².